The Balaban J connectivity index is 1.24. The molecule has 0 unspecified atom stereocenters. The van der Waals surface area contributed by atoms with Crippen molar-refractivity contribution in [1.82, 2.24) is 15.2 Å². The monoisotopic (exact) mass is 441 g/mol. The number of rotatable bonds is 8. The quantitative estimate of drug-likeness (QED) is 0.384. The molecule has 0 spiro atoms. The Labute approximate surface area is 179 Å². The molecule has 1 amide bonds. The molecule has 2 aromatic carbocycles. The first-order chi connectivity index (χ1) is 14.7. The van der Waals surface area contributed by atoms with Gasteiger partial charge in [0.25, 0.3) is 5.22 Å². The van der Waals surface area contributed by atoms with Crippen LogP contribution in [-0.4, -0.2) is 26.8 Å². The third kappa shape index (κ3) is 5.43. The maximum absolute atomic E-state index is 12.9. The van der Waals surface area contributed by atoms with Gasteiger partial charge < -0.3 is 15.1 Å². The summed E-state index contributed by atoms with van der Waals surface area (Å²) in [4.78, 5) is 16.6. The van der Waals surface area contributed by atoms with E-state index in [0.29, 0.717) is 22.8 Å². The summed E-state index contributed by atoms with van der Waals surface area (Å²) in [6.45, 7) is 0.298. The largest absolute Gasteiger partial charge is 0.414 e. The van der Waals surface area contributed by atoms with Gasteiger partial charge in [-0.25, -0.2) is 9.37 Å². The Kier molecular flexibility index (Phi) is 6.35. The summed E-state index contributed by atoms with van der Waals surface area (Å²) in [5.41, 5.74) is 2.55. The van der Waals surface area contributed by atoms with Crippen LogP contribution in [0.2, 0.25) is 0 Å². The number of hydrogen-bond acceptors (Lipinski definition) is 8. The van der Waals surface area contributed by atoms with Crippen molar-refractivity contribution >= 4 is 39.8 Å². The van der Waals surface area contributed by atoms with Crippen LogP contribution in [0.1, 0.15) is 5.89 Å². The minimum absolute atomic E-state index is 0.118. The van der Waals surface area contributed by atoms with E-state index in [4.69, 9.17) is 4.42 Å². The van der Waals surface area contributed by atoms with Crippen LogP contribution < -0.4 is 10.6 Å². The molecule has 0 aliphatic carbocycles. The predicted octanol–water partition coefficient (Wildman–Crippen LogP) is 4.68. The minimum atomic E-state index is -0.302. The molecule has 0 aliphatic rings. The first kappa shape index (κ1) is 20.0. The fourth-order valence-corrected chi connectivity index (χ4v) is 3.78. The van der Waals surface area contributed by atoms with Gasteiger partial charge in [-0.1, -0.05) is 42.1 Å². The molecule has 7 nitrogen and oxygen atoms in total. The van der Waals surface area contributed by atoms with Gasteiger partial charge in [0, 0.05) is 16.6 Å². The number of anilines is 2. The molecule has 2 aromatic heterocycles. The number of carbonyl (C=O) groups is 1. The van der Waals surface area contributed by atoms with Crippen LogP contribution in [0.15, 0.2) is 69.6 Å². The summed E-state index contributed by atoms with van der Waals surface area (Å²) in [7, 11) is 0. The molecule has 0 atom stereocenters. The summed E-state index contributed by atoms with van der Waals surface area (Å²) in [6, 6.07) is 15.7. The van der Waals surface area contributed by atoms with Crippen LogP contribution in [0.5, 0.6) is 0 Å². The van der Waals surface area contributed by atoms with Crippen molar-refractivity contribution in [2.45, 2.75) is 11.8 Å². The van der Waals surface area contributed by atoms with Gasteiger partial charge in [0.05, 0.1) is 18.0 Å². The maximum Gasteiger partial charge on any atom is 0.277 e. The van der Waals surface area contributed by atoms with Crippen LogP contribution in [0, 0.1) is 5.82 Å². The van der Waals surface area contributed by atoms with E-state index in [9.17, 15) is 9.18 Å². The first-order valence-electron chi connectivity index (χ1n) is 8.91. The van der Waals surface area contributed by atoms with Crippen molar-refractivity contribution in [2.24, 2.45) is 0 Å². The van der Waals surface area contributed by atoms with E-state index in [0.717, 1.165) is 28.7 Å². The van der Waals surface area contributed by atoms with Crippen molar-refractivity contribution in [2.75, 3.05) is 16.4 Å². The number of nitrogens with zero attached hydrogens (tertiary/aromatic N) is 3. The van der Waals surface area contributed by atoms with Gasteiger partial charge in [-0.2, -0.15) is 0 Å². The third-order valence-corrected chi connectivity index (χ3v) is 5.46. The van der Waals surface area contributed by atoms with Crippen LogP contribution in [0.3, 0.4) is 0 Å². The number of aromatic nitrogens is 3. The number of halogens is 1. The van der Waals surface area contributed by atoms with Crippen molar-refractivity contribution in [3.63, 3.8) is 0 Å². The van der Waals surface area contributed by atoms with Gasteiger partial charge in [-0.3, -0.25) is 4.79 Å². The topological polar surface area (TPSA) is 92.9 Å². The van der Waals surface area contributed by atoms with Gasteiger partial charge in [-0.05, 0) is 24.3 Å². The second-order valence-electron chi connectivity index (χ2n) is 6.06. The lowest BCUT2D eigenvalue weighted by Crippen LogP contribution is -2.13. The van der Waals surface area contributed by atoms with E-state index in [-0.39, 0.29) is 17.5 Å². The number of carbonyl (C=O) groups excluding carboxylic acids is 1. The molecule has 0 saturated carbocycles. The lowest BCUT2D eigenvalue weighted by atomic mass is 10.2. The predicted molar refractivity (Wildman–Crippen MR) is 115 cm³/mol. The van der Waals surface area contributed by atoms with Gasteiger partial charge in [-0.15, -0.1) is 21.5 Å². The normalized spacial score (nSPS) is 10.7. The van der Waals surface area contributed by atoms with Gasteiger partial charge >= 0.3 is 0 Å². The number of thioether (sulfide) groups is 1. The summed E-state index contributed by atoms with van der Waals surface area (Å²) < 4.78 is 18.4. The van der Waals surface area contributed by atoms with Crippen molar-refractivity contribution in [3.8, 4) is 11.3 Å². The second-order valence-corrected chi connectivity index (χ2v) is 7.85. The SMILES string of the molecule is O=C(CSc1nnc(CNc2ccc(F)cc2)o1)Nc1nc(-c2ccccc2)cs1. The average Bonchev–Trinajstić information content (AvgIpc) is 3.42. The van der Waals surface area contributed by atoms with E-state index >= 15 is 0 Å². The van der Waals surface area contributed by atoms with E-state index in [2.05, 4.69) is 25.8 Å². The van der Waals surface area contributed by atoms with Gasteiger partial charge in [0.1, 0.15) is 5.82 Å². The molecule has 30 heavy (non-hydrogen) atoms. The van der Waals surface area contributed by atoms with E-state index in [1.54, 1.807) is 12.1 Å². The number of benzene rings is 2. The molecule has 152 valence electrons. The highest BCUT2D eigenvalue weighted by molar-refractivity contribution is 7.99. The minimum Gasteiger partial charge on any atom is -0.414 e. The highest BCUT2D eigenvalue weighted by atomic mass is 32.2. The number of amides is 1. The summed E-state index contributed by atoms with van der Waals surface area (Å²) in [5.74, 6) is -0.0232. The molecule has 0 fully saturated rings. The molecule has 0 radical (unpaired) electrons. The molecule has 4 aromatic rings. The van der Waals surface area contributed by atoms with Crippen molar-refractivity contribution in [3.05, 3.63) is 71.7 Å². The Bertz CT molecular complexity index is 1120. The Hall–Kier alpha value is -3.24. The standard InChI is InChI=1S/C20H16FN5O2S2/c21-14-6-8-15(9-7-14)22-10-18-25-26-20(28-18)30-12-17(27)24-19-23-16(11-29-19)13-4-2-1-3-5-13/h1-9,11,22H,10,12H2,(H,23,24,27). The molecule has 2 heterocycles. The fraction of sp³-hybridized carbons (Fsp3) is 0.100. The zero-order valence-corrected chi connectivity index (χ0v) is 17.2. The molecule has 2 N–H and O–H groups in total. The Morgan fingerprint density at radius 3 is 2.70 bits per heavy atom. The third-order valence-electron chi connectivity index (χ3n) is 3.88. The van der Waals surface area contributed by atoms with Crippen molar-refractivity contribution in [1.29, 1.82) is 0 Å². The maximum atomic E-state index is 12.9. The molecule has 0 bridgehead atoms. The molecule has 0 aliphatic heterocycles. The van der Waals surface area contributed by atoms with Crippen LogP contribution in [0.4, 0.5) is 15.2 Å². The number of thiazole rings is 1. The highest BCUT2D eigenvalue weighted by Gasteiger charge is 2.12. The van der Waals surface area contributed by atoms with Crippen molar-refractivity contribution < 1.29 is 13.6 Å². The highest BCUT2D eigenvalue weighted by Crippen LogP contribution is 2.25. The average molecular weight is 442 g/mol. The molecule has 4 rings (SSSR count). The van der Waals surface area contributed by atoms with Crippen LogP contribution >= 0.6 is 23.1 Å². The zero-order valence-electron chi connectivity index (χ0n) is 15.5. The first-order valence-corrected chi connectivity index (χ1v) is 10.8. The summed E-state index contributed by atoms with van der Waals surface area (Å²) >= 11 is 2.51. The van der Waals surface area contributed by atoms with Crippen LogP contribution in [-0.2, 0) is 11.3 Å². The molecular weight excluding hydrogens is 425 g/mol. The number of hydrogen-bond donors (Lipinski definition) is 2. The number of nitrogens with one attached hydrogen (secondary N) is 2. The molecule has 0 saturated heterocycles. The van der Waals surface area contributed by atoms with Crippen LogP contribution in [0.25, 0.3) is 11.3 Å². The second kappa shape index (κ2) is 9.51. The lowest BCUT2D eigenvalue weighted by molar-refractivity contribution is -0.113. The summed E-state index contributed by atoms with van der Waals surface area (Å²) in [6.07, 6.45) is 0. The molecule has 10 heteroatoms. The smallest absolute Gasteiger partial charge is 0.277 e. The fourth-order valence-electron chi connectivity index (χ4n) is 2.47. The van der Waals surface area contributed by atoms with E-state index < -0.39 is 0 Å². The van der Waals surface area contributed by atoms with E-state index in [1.165, 1.54) is 23.5 Å². The van der Waals surface area contributed by atoms with E-state index in [1.807, 2.05) is 35.7 Å². The lowest BCUT2D eigenvalue weighted by Gasteiger charge is -2.02. The summed E-state index contributed by atoms with van der Waals surface area (Å²) in [5, 5.41) is 16.4. The molecular formula is C20H16FN5O2S2. The van der Waals surface area contributed by atoms with Gasteiger partial charge in [0.2, 0.25) is 11.8 Å². The Morgan fingerprint density at radius 1 is 1.10 bits per heavy atom. The zero-order chi connectivity index (χ0) is 20.8. The Morgan fingerprint density at radius 2 is 1.90 bits per heavy atom. The van der Waals surface area contributed by atoms with Gasteiger partial charge in [0.15, 0.2) is 5.13 Å².